The highest BCUT2D eigenvalue weighted by atomic mass is 32.2. The van der Waals surface area contributed by atoms with Gasteiger partial charge in [0.05, 0.1) is 12.2 Å². The molecule has 2 nitrogen and oxygen atoms in total. The zero-order chi connectivity index (χ0) is 7.56. The van der Waals surface area contributed by atoms with Crippen LogP contribution in [-0.2, 0) is 0 Å². The summed E-state index contributed by atoms with van der Waals surface area (Å²) in [7, 11) is 0. The molecule has 0 aromatic carbocycles. The Morgan fingerprint density at radius 2 is 2.30 bits per heavy atom. The summed E-state index contributed by atoms with van der Waals surface area (Å²) in [4.78, 5) is 0. The molecular formula is C7H14O2S. The normalized spacial score (nSPS) is 36.3. The summed E-state index contributed by atoms with van der Waals surface area (Å²) >= 11 is 1.77. The molecule has 2 N–H and O–H groups in total. The predicted octanol–water partition coefficient (Wildman–Crippen LogP) is 0.481. The number of hydrogen-bond donors (Lipinski definition) is 2. The van der Waals surface area contributed by atoms with Crippen molar-refractivity contribution in [2.45, 2.75) is 25.6 Å². The molecule has 1 rings (SSSR count). The maximum absolute atomic E-state index is 9.31. The average molecular weight is 162 g/mol. The van der Waals surface area contributed by atoms with Gasteiger partial charge in [0.2, 0.25) is 0 Å². The fourth-order valence-corrected chi connectivity index (χ4v) is 2.56. The SMILES string of the molecule is CC(O)CC1CSCC1O. The quantitative estimate of drug-likeness (QED) is 0.620. The molecule has 1 fully saturated rings. The third-order valence-electron chi connectivity index (χ3n) is 1.81. The van der Waals surface area contributed by atoms with E-state index in [-0.39, 0.29) is 12.2 Å². The first kappa shape index (κ1) is 8.37. The third-order valence-corrected chi connectivity index (χ3v) is 3.05. The summed E-state index contributed by atoms with van der Waals surface area (Å²) in [6.45, 7) is 1.77. The van der Waals surface area contributed by atoms with Crippen LogP contribution >= 0.6 is 11.8 Å². The van der Waals surface area contributed by atoms with Gasteiger partial charge in [0.25, 0.3) is 0 Å². The molecule has 0 bridgehead atoms. The van der Waals surface area contributed by atoms with Gasteiger partial charge >= 0.3 is 0 Å². The van der Waals surface area contributed by atoms with Crippen molar-refractivity contribution in [2.75, 3.05) is 11.5 Å². The van der Waals surface area contributed by atoms with Crippen molar-refractivity contribution in [1.82, 2.24) is 0 Å². The minimum Gasteiger partial charge on any atom is -0.393 e. The van der Waals surface area contributed by atoms with Crippen LogP contribution in [0, 0.1) is 5.92 Å². The van der Waals surface area contributed by atoms with Gasteiger partial charge in [-0.25, -0.2) is 0 Å². The van der Waals surface area contributed by atoms with E-state index in [1.165, 1.54) is 0 Å². The molecule has 10 heavy (non-hydrogen) atoms. The molecule has 1 saturated heterocycles. The van der Waals surface area contributed by atoms with E-state index in [0.717, 1.165) is 17.9 Å². The van der Waals surface area contributed by atoms with Crippen molar-refractivity contribution in [3.8, 4) is 0 Å². The zero-order valence-electron chi connectivity index (χ0n) is 6.16. The van der Waals surface area contributed by atoms with Crippen LogP contribution in [0.1, 0.15) is 13.3 Å². The first-order valence-electron chi connectivity index (χ1n) is 3.64. The minimum absolute atomic E-state index is 0.181. The number of aliphatic hydroxyl groups excluding tert-OH is 2. The predicted molar refractivity (Wildman–Crippen MR) is 43.1 cm³/mol. The lowest BCUT2D eigenvalue weighted by Crippen LogP contribution is -2.21. The topological polar surface area (TPSA) is 40.5 Å². The van der Waals surface area contributed by atoms with Crippen molar-refractivity contribution in [3.05, 3.63) is 0 Å². The van der Waals surface area contributed by atoms with E-state index < -0.39 is 0 Å². The number of hydrogen-bond acceptors (Lipinski definition) is 3. The van der Waals surface area contributed by atoms with Gasteiger partial charge < -0.3 is 10.2 Å². The van der Waals surface area contributed by atoms with Gasteiger partial charge in [-0.15, -0.1) is 0 Å². The van der Waals surface area contributed by atoms with Gasteiger partial charge in [-0.3, -0.25) is 0 Å². The first-order valence-corrected chi connectivity index (χ1v) is 4.79. The Bertz CT molecular complexity index is 106. The lowest BCUT2D eigenvalue weighted by Gasteiger charge is -2.14. The molecule has 0 amide bonds. The highest BCUT2D eigenvalue weighted by molar-refractivity contribution is 7.99. The molecule has 3 unspecified atom stereocenters. The number of aliphatic hydroxyl groups is 2. The fraction of sp³-hybridized carbons (Fsp3) is 1.00. The summed E-state index contributed by atoms with van der Waals surface area (Å²) < 4.78 is 0. The highest BCUT2D eigenvalue weighted by Gasteiger charge is 2.26. The Labute approximate surface area is 65.6 Å². The summed E-state index contributed by atoms with van der Waals surface area (Å²) in [5.41, 5.74) is 0. The maximum Gasteiger partial charge on any atom is 0.0667 e. The molecule has 0 saturated carbocycles. The van der Waals surface area contributed by atoms with Crippen LogP contribution in [-0.4, -0.2) is 33.9 Å². The summed E-state index contributed by atoms with van der Waals surface area (Å²) in [5.74, 6) is 2.17. The molecule has 1 aliphatic heterocycles. The standard InChI is InChI=1S/C7H14O2S/c1-5(8)2-6-3-10-4-7(6)9/h5-9H,2-4H2,1H3. The van der Waals surface area contributed by atoms with Gasteiger partial charge in [0, 0.05) is 5.75 Å². The van der Waals surface area contributed by atoms with Crippen LogP contribution in [0.15, 0.2) is 0 Å². The number of thioether (sulfide) groups is 1. The Kier molecular flexibility index (Phi) is 3.01. The summed E-state index contributed by atoms with van der Waals surface area (Å²) in [5, 5.41) is 18.3. The summed E-state index contributed by atoms with van der Waals surface area (Å²) in [6, 6.07) is 0. The van der Waals surface area contributed by atoms with Crippen LogP contribution in [0.5, 0.6) is 0 Å². The zero-order valence-corrected chi connectivity index (χ0v) is 6.97. The lowest BCUT2D eigenvalue weighted by atomic mass is 10.00. The molecule has 0 aromatic heterocycles. The largest absolute Gasteiger partial charge is 0.393 e. The van der Waals surface area contributed by atoms with E-state index in [4.69, 9.17) is 5.11 Å². The second-order valence-electron chi connectivity index (χ2n) is 2.95. The van der Waals surface area contributed by atoms with Crippen molar-refractivity contribution < 1.29 is 10.2 Å². The smallest absolute Gasteiger partial charge is 0.0667 e. The second-order valence-corrected chi connectivity index (χ2v) is 4.02. The van der Waals surface area contributed by atoms with E-state index in [9.17, 15) is 5.11 Å². The van der Waals surface area contributed by atoms with E-state index >= 15 is 0 Å². The summed E-state index contributed by atoms with van der Waals surface area (Å²) in [6.07, 6.45) is 0.298. The maximum atomic E-state index is 9.31. The van der Waals surface area contributed by atoms with Crippen LogP contribution in [0.2, 0.25) is 0 Å². The van der Waals surface area contributed by atoms with Gasteiger partial charge in [-0.2, -0.15) is 11.8 Å². The fourth-order valence-electron chi connectivity index (χ4n) is 1.25. The third kappa shape index (κ3) is 2.15. The molecule has 0 radical (unpaired) electrons. The van der Waals surface area contributed by atoms with Crippen LogP contribution < -0.4 is 0 Å². The van der Waals surface area contributed by atoms with Crippen LogP contribution in [0.25, 0.3) is 0 Å². The van der Waals surface area contributed by atoms with Crippen molar-refractivity contribution in [3.63, 3.8) is 0 Å². The van der Waals surface area contributed by atoms with Crippen molar-refractivity contribution in [1.29, 1.82) is 0 Å². The van der Waals surface area contributed by atoms with Gasteiger partial charge in [0.1, 0.15) is 0 Å². The molecule has 1 aliphatic rings. The lowest BCUT2D eigenvalue weighted by molar-refractivity contribution is 0.0982. The minimum atomic E-state index is -0.265. The Morgan fingerprint density at radius 3 is 2.70 bits per heavy atom. The van der Waals surface area contributed by atoms with Gasteiger partial charge in [-0.05, 0) is 25.0 Å². The van der Waals surface area contributed by atoms with E-state index in [1.54, 1.807) is 18.7 Å². The van der Waals surface area contributed by atoms with Gasteiger partial charge in [0.15, 0.2) is 0 Å². The molecule has 0 aromatic rings. The van der Waals surface area contributed by atoms with Crippen LogP contribution in [0.3, 0.4) is 0 Å². The van der Waals surface area contributed by atoms with E-state index in [1.807, 2.05) is 0 Å². The van der Waals surface area contributed by atoms with Crippen molar-refractivity contribution in [2.24, 2.45) is 5.92 Å². The van der Waals surface area contributed by atoms with Crippen LogP contribution in [0.4, 0.5) is 0 Å². The average Bonchev–Trinajstić information content (AvgIpc) is 2.15. The van der Waals surface area contributed by atoms with Crippen molar-refractivity contribution >= 4 is 11.8 Å². The highest BCUT2D eigenvalue weighted by Crippen LogP contribution is 2.27. The van der Waals surface area contributed by atoms with Gasteiger partial charge in [-0.1, -0.05) is 0 Å². The molecule has 3 atom stereocenters. The second kappa shape index (κ2) is 3.60. The molecule has 0 aliphatic carbocycles. The van der Waals surface area contributed by atoms with E-state index in [2.05, 4.69) is 0 Å². The Hall–Kier alpha value is 0.270. The first-order chi connectivity index (χ1) is 4.70. The van der Waals surface area contributed by atoms with E-state index in [0.29, 0.717) is 5.92 Å². The Balaban J connectivity index is 2.26. The monoisotopic (exact) mass is 162 g/mol. The Morgan fingerprint density at radius 1 is 1.60 bits per heavy atom. The molecule has 60 valence electrons. The molecule has 1 heterocycles. The number of rotatable bonds is 2. The molecular weight excluding hydrogens is 148 g/mol. The molecule has 3 heteroatoms. The molecule has 0 spiro atoms.